The van der Waals surface area contributed by atoms with Gasteiger partial charge in [-0.2, -0.15) is 8.78 Å². The minimum atomic E-state index is -3.10. The summed E-state index contributed by atoms with van der Waals surface area (Å²) in [6, 6.07) is 0. The van der Waals surface area contributed by atoms with Crippen molar-refractivity contribution in [2.45, 2.75) is 12.8 Å². The van der Waals surface area contributed by atoms with Gasteiger partial charge in [0.1, 0.15) is 12.0 Å². The molecule has 0 radical (unpaired) electrons. The van der Waals surface area contributed by atoms with Gasteiger partial charge in [0.2, 0.25) is 0 Å². The number of aromatic nitrogens is 2. The Hall–Kier alpha value is -1.39. The molecule has 0 atom stereocenters. The van der Waals surface area contributed by atoms with E-state index >= 15 is 0 Å². The fraction of sp³-hybridized carbons (Fsp3) is 0.286. The summed E-state index contributed by atoms with van der Waals surface area (Å²) < 4.78 is 25.3. The normalized spacial score (nSPS) is 11.2. The van der Waals surface area contributed by atoms with Crippen molar-refractivity contribution in [3.05, 3.63) is 23.8 Å². The highest BCUT2D eigenvalue weighted by Crippen LogP contribution is 2.26. The summed E-state index contributed by atoms with van der Waals surface area (Å²) in [5, 5.41) is 0. The fourth-order valence-electron chi connectivity index (χ4n) is 0.793. The van der Waals surface area contributed by atoms with Crippen molar-refractivity contribution in [3.8, 4) is 0 Å². The van der Waals surface area contributed by atoms with E-state index in [0.717, 1.165) is 12.5 Å². The van der Waals surface area contributed by atoms with Gasteiger partial charge in [-0.3, -0.25) is 4.79 Å². The van der Waals surface area contributed by atoms with Crippen LogP contribution in [0.3, 0.4) is 0 Å². The van der Waals surface area contributed by atoms with Gasteiger partial charge in [0.15, 0.2) is 6.29 Å². The molecule has 3 nitrogen and oxygen atoms in total. The predicted octanol–water partition coefficient (Wildman–Crippen LogP) is 1.40. The molecular weight excluding hydrogens is 166 g/mol. The molecule has 0 unspecified atom stereocenters. The molecule has 0 N–H and O–H groups in total. The number of carbonyl (C=O) groups is 1. The number of hydrogen-bond donors (Lipinski definition) is 0. The van der Waals surface area contributed by atoms with E-state index in [2.05, 4.69) is 9.97 Å². The summed E-state index contributed by atoms with van der Waals surface area (Å²) in [5.41, 5.74) is -0.711. The fourth-order valence-corrected chi connectivity index (χ4v) is 0.793. The van der Waals surface area contributed by atoms with Crippen molar-refractivity contribution < 1.29 is 13.6 Å². The molecule has 0 aliphatic rings. The first-order valence-electron chi connectivity index (χ1n) is 3.19. The van der Waals surface area contributed by atoms with Crippen LogP contribution in [-0.4, -0.2) is 16.3 Å². The van der Waals surface area contributed by atoms with Crippen LogP contribution in [-0.2, 0) is 5.92 Å². The molecule has 0 fully saturated rings. The van der Waals surface area contributed by atoms with Crippen molar-refractivity contribution in [1.82, 2.24) is 9.97 Å². The van der Waals surface area contributed by atoms with E-state index in [1.807, 2.05) is 0 Å². The molecule has 1 aromatic rings. The maximum absolute atomic E-state index is 12.7. The maximum Gasteiger partial charge on any atom is 0.287 e. The summed E-state index contributed by atoms with van der Waals surface area (Å²) in [6.07, 6.45) is 2.36. The largest absolute Gasteiger partial charge is 0.298 e. The van der Waals surface area contributed by atoms with E-state index in [0.29, 0.717) is 13.2 Å². The number of nitrogens with zero attached hydrogens (tertiary/aromatic N) is 2. The first kappa shape index (κ1) is 8.70. The maximum atomic E-state index is 12.7. The Balaban J connectivity index is 3.23. The summed E-state index contributed by atoms with van der Waals surface area (Å²) in [6.45, 7) is 0.683. The molecule has 12 heavy (non-hydrogen) atoms. The Bertz CT molecular complexity index is 296. The van der Waals surface area contributed by atoms with Gasteiger partial charge in [-0.05, 0) is 0 Å². The van der Waals surface area contributed by atoms with E-state index in [1.54, 1.807) is 0 Å². The number of alkyl halides is 2. The van der Waals surface area contributed by atoms with Gasteiger partial charge < -0.3 is 0 Å². The molecule has 1 aromatic heterocycles. The van der Waals surface area contributed by atoms with Crippen LogP contribution in [0.1, 0.15) is 23.0 Å². The highest BCUT2D eigenvalue weighted by Gasteiger charge is 2.29. The zero-order chi connectivity index (χ0) is 9.19. The third-order valence-electron chi connectivity index (χ3n) is 1.28. The molecule has 0 spiro atoms. The lowest BCUT2D eigenvalue weighted by molar-refractivity contribution is 0.0118. The Morgan fingerprint density at radius 3 is 2.67 bits per heavy atom. The number of carbonyl (C=O) groups excluding carboxylic acids is 1. The van der Waals surface area contributed by atoms with Crippen LogP contribution in [0, 0.1) is 0 Å². The number of rotatable bonds is 2. The van der Waals surface area contributed by atoms with Crippen molar-refractivity contribution in [2.24, 2.45) is 0 Å². The van der Waals surface area contributed by atoms with Gasteiger partial charge in [0, 0.05) is 13.1 Å². The Morgan fingerprint density at radius 1 is 1.58 bits per heavy atom. The van der Waals surface area contributed by atoms with Crippen LogP contribution >= 0.6 is 0 Å². The second-order valence-electron chi connectivity index (χ2n) is 2.33. The molecule has 0 saturated carbocycles. The summed E-state index contributed by atoms with van der Waals surface area (Å²) >= 11 is 0. The second kappa shape index (κ2) is 2.92. The van der Waals surface area contributed by atoms with E-state index < -0.39 is 11.6 Å². The quantitative estimate of drug-likeness (QED) is 0.633. The number of hydrogen-bond acceptors (Lipinski definition) is 3. The number of halogens is 2. The molecule has 0 amide bonds. The molecule has 0 aliphatic heterocycles. The summed E-state index contributed by atoms with van der Waals surface area (Å²) in [5.74, 6) is -3.10. The summed E-state index contributed by atoms with van der Waals surface area (Å²) in [4.78, 5) is 17.0. The lowest BCUT2D eigenvalue weighted by atomic mass is 10.2. The van der Waals surface area contributed by atoms with Crippen molar-refractivity contribution in [3.63, 3.8) is 0 Å². The van der Waals surface area contributed by atoms with Gasteiger partial charge in [-0.25, -0.2) is 9.97 Å². The lowest BCUT2D eigenvalue weighted by Gasteiger charge is -2.09. The topological polar surface area (TPSA) is 42.9 Å². The van der Waals surface area contributed by atoms with Crippen molar-refractivity contribution in [1.29, 1.82) is 0 Å². The molecule has 0 aliphatic carbocycles. The summed E-state index contributed by atoms with van der Waals surface area (Å²) in [7, 11) is 0. The van der Waals surface area contributed by atoms with Gasteiger partial charge in [0.25, 0.3) is 5.92 Å². The van der Waals surface area contributed by atoms with E-state index in [1.165, 1.54) is 0 Å². The van der Waals surface area contributed by atoms with Crippen LogP contribution in [0.4, 0.5) is 8.78 Å². The van der Waals surface area contributed by atoms with Crippen molar-refractivity contribution in [2.75, 3.05) is 0 Å². The highest BCUT2D eigenvalue weighted by atomic mass is 19.3. The van der Waals surface area contributed by atoms with Crippen LogP contribution < -0.4 is 0 Å². The molecule has 5 heteroatoms. The van der Waals surface area contributed by atoms with Crippen LogP contribution in [0.15, 0.2) is 12.5 Å². The molecule has 1 heterocycles. The molecule has 0 saturated heterocycles. The Morgan fingerprint density at radius 2 is 2.25 bits per heavy atom. The lowest BCUT2D eigenvalue weighted by Crippen LogP contribution is -2.13. The van der Waals surface area contributed by atoms with Gasteiger partial charge in [0.05, 0.1) is 5.56 Å². The second-order valence-corrected chi connectivity index (χ2v) is 2.33. The highest BCUT2D eigenvalue weighted by molar-refractivity contribution is 5.76. The van der Waals surface area contributed by atoms with Crippen LogP contribution in [0.5, 0.6) is 0 Å². The first-order valence-corrected chi connectivity index (χ1v) is 3.19. The van der Waals surface area contributed by atoms with E-state index in [9.17, 15) is 13.6 Å². The molecule has 0 aromatic carbocycles. The average molecular weight is 172 g/mol. The minimum absolute atomic E-state index is 0.176. The number of aldehydes is 1. The molecule has 1 rings (SSSR count). The Kier molecular flexibility index (Phi) is 2.12. The van der Waals surface area contributed by atoms with E-state index in [-0.39, 0.29) is 5.56 Å². The zero-order valence-electron chi connectivity index (χ0n) is 6.29. The van der Waals surface area contributed by atoms with E-state index in [4.69, 9.17) is 0 Å². The Labute approximate surface area is 67.5 Å². The van der Waals surface area contributed by atoms with Crippen molar-refractivity contribution >= 4 is 6.29 Å². The average Bonchev–Trinajstić information content (AvgIpc) is 2.03. The molecular formula is C7H6F2N2O. The molecule has 0 bridgehead atoms. The standard InChI is InChI=1S/C7H6F2N2O/c1-7(8,9)6-5(3-12)2-10-4-11-6/h2-4H,1H3. The minimum Gasteiger partial charge on any atom is -0.298 e. The third-order valence-corrected chi connectivity index (χ3v) is 1.28. The SMILES string of the molecule is CC(F)(F)c1ncncc1C=O. The smallest absolute Gasteiger partial charge is 0.287 e. The van der Waals surface area contributed by atoms with Crippen LogP contribution in [0.25, 0.3) is 0 Å². The van der Waals surface area contributed by atoms with Crippen LogP contribution in [0.2, 0.25) is 0 Å². The van der Waals surface area contributed by atoms with Gasteiger partial charge >= 0.3 is 0 Å². The predicted molar refractivity (Wildman–Crippen MR) is 37.0 cm³/mol. The monoisotopic (exact) mass is 172 g/mol. The third kappa shape index (κ3) is 1.61. The zero-order valence-corrected chi connectivity index (χ0v) is 6.29. The van der Waals surface area contributed by atoms with Gasteiger partial charge in [-0.1, -0.05) is 0 Å². The molecule has 64 valence electrons. The van der Waals surface area contributed by atoms with Gasteiger partial charge in [-0.15, -0.1) is 0 Å². The first-order chi connectivity index (χ1) is 5.55.